The first-order valence-corrected chi connectivity index (χ1v) is 8.43. The Kier molecular flexibility index (Phi) is 9.51. The van der Waals surface area contributed by atoms with E-state index in [9.17, 15) is 9.90 Å². The van der Waals surface area contributed by atoms with E-state index in [4.69, 9.17) is 4.74 Å². The molecule has 0 radical (unpaired) electrons. The van der Waals surface area contributed by atoms with Crippen LogP contribution in [-0.2, 0) is 9.53 Å². The smallest absolute Gasteiger partial charge is 0.325 e. The molecule has 5 heteroatoms. The SMILES string of the molecule is COC(=O)C(C)(CCCCSC(C)C(C)O)NC(C)C. The fourth-order valence-electron chi connectivity index (χ4n) is 2.08. The maximum absolute atomic E-state index is 11.9. The second-order valence-electron chi connectivity index (χ2n) is 5.90. The molecule has 0 amide bonds. The average Bonchev–Trinajstić information content (AvgIpc) is 2.35. The number of hydrogen-bond acceptors (Lipinski definition) is 5. The molecule has 4 nitrogen and oxygen atoms in total. The van der Waals surface area contributed by atoms with Gasteiger partial charge in [0.2, 0.25) is 0 Å². The topological polar surface area (TPSA) is 58.6 Å². The summed E-state index contributed by atoms with van der Waals surface area (Å²) in [7, 11) is 1.43. The zero-order valence-electron chi connectivity index (χ0n) is 13.7. The van der Waals surface area contributed by atoms with E-state index in [1.807, 2.05) is 34.6 Å². The molecule has 0 aliphatic heterocycles. The largest absolute Gasteiger partial charge is 0.468 e. The first-order valence-electron chi connectivity index (χ1n) is 7.38. The molecule has 20 heavy (non-hydrogen) atoms. The number of esters is 1. The first-order chi connectivity index (χ1) is 9.23. The maximum Gasteiger partial charge on any atom is 0.325 e. The molecule has 0 aliphatic carbocycles. The minimum Gasteiger partial charge on any atom is -0.468 e. The van der Waals surface area contributed by atoms with Crippen LogP contribution in [0.2, 0.25) is 0 Å². The van der Waals surface area contributed by atoms with E-state index in [-0.39, 0.29) is 23.4 Å². The van der Waals surface area contributed by atoms with Gasteiger partial charge in [-0.05, 0) is 46.3 Å². The maximum atomic E-state index is 11.9. The molecule has 0 heterocycles. The highest BCUT2D eigenvalue weighted by molar-refractivity contribution is 7.99. The monoisotopic (exact) mass is 305 g/mol. The molecular formula is C15H31NO3S. The third-order valence-corrected chi connectivity index (χ3v) is 4.82. The minimum atomic E-state index is -0.608. The van der Waals surface area contributed by atoms with E-state index < -0.39 is 5.54 Å². The van der Waals surface area contributed by atoms with Gasteiger partial charge in [0.05, 0.1) is 13.2 Å². The lowest BCUT2D eigenvalue weighted by atomic mass is 9.94. The molecule has 0 aromatic heterocycles. The Hall–Kier alpha value is -0.260. The number of aliphatic hydroxyl groups excluding tert-OH is 1. The molecular weight excluding hydrogens is 274 g/mol. The van der Waals surface area contributed by atoms with Crippen LogP contribution in [0.3, 0.4) is 0 Å². The van der Waals surface area contributed by atoms with Crippen LogP contribution in [0.1, 0.15) is 53.9 Å². The second kappa shape index (κ2) is 9.64. The van der Waals surface area contributed by atoms with Crippen LogP contribution in [-0.4, -0.2) is 46.9 Å². The Balaban J connectivity index is 4.12. The third kappa shape index (κ3) is 7.50. The van der Waals surface area contributed by atoms with Crippen molar-refractivity contribution in [1.29, 1.82) is 0 Å². The van der Waals surface area contributed by atoms with Crippen LogP contribution >= 0.6 is 11.8 Å². The van der Waals surface area contributed by atoms with E-state index in [1.54, 1.807) is 11.8 Å². The Morgan fingerprint density at radius 1 is 1.30 bits per heavy atom. The van der Waals surface area contributed by atoms with Gasteiger partial charge in [0.25, 0.3) is 0 Å². The van der Waals surface area contributed by atoms with Crippen molar-refractivity contribution < 1.29 is 14.6 Å². The highest BCUT2D eigenvalue weighted by atomic mass is 32.2. The summed E-state index contributed by atoms with van der Waals surface area (Å²) in [6, 6.07) is 0.240. The summed E-state index contributed by atoms with van der Waals surface area (Å²) < 4.78 is 4.90. The molecule has 120 valence electrons. The van der Waals surface area contributed by atoms with E-state index in [1.165, 1.54) is 7.11 Å². The molecule has 0 fully saturated rings. The summed E-state index contributed by atoms with van der Waals surface area (Å²) in [4.78, 5) is 11.9. The summed E-state index contributed by atoms with van der Waals surface area (Å²) in [5.41, 5.74) is -0.608. The molecule has 0 saturated carbocycles. The number of rotatable bonds is 10. The van der Waals surface area contributed by atoms with Gasteiger partial charge in [-0.15, -0.1) is 0 Å². The molecule has 3 unspecified atom stereocenters. The average molecular weight is 305 g/mol. The molecule has 0 aliphatic rings. The molecule has 0 saturated heterocycles. The number of ether oxygens (including phenoxy) is 1. The van der Waals surface area contributed by atoms with Gasteiger partial charge >= 0.3 is 5.97 Å². The standard InChI is InChI=1S/C15H31NO3S/c1-11(2)16-15(5,14(18)19-6)9-7-8-10-20-13(4)12(3)17/h11-13,16-17H,7-10H2,1-6H3. The van der Waals surface area contributed by atoms with E-state index in [0.29, 0.717) is 0 Å². The highest BCUT2D eigenvalue weighted by Gasteiger charge is 2.33. The Bertz CT molecular complexity index is 284. The van der Waals surface area contributed by atoms with E-state index in [2.05, 4.69) is 5.32 Å². The molecule has 0 aromatic carbocycles. The number of methoxy groups -OCH3 is 1. The van der Waals surface area contributed by atoms with Gasteiger partial charge in [0.1, 0.15) is 5.54 Å². The lowest BCUT2D eigenvalue weighted by Gasteiger charge is -2.30. The molecule has 3 atom stereocenters. The zero-order valence-corrected chi connectivity index (χ0v) is 14.5. The molecule has 0 bridgehead atoms. The third-order valence-electron chi connectivity index (χ3n) is 3.37. The number of aliphatic hydroxyl groups is 1. The van der Waals surface area contributed by atoms with Crippen molar-refractivity contribution in [2.75, 3.05) is 12.9 Å². The summed E-state index contributed by atoms with van der Waals surface area (Å²) in [6.45, 7) is 9.82. The van der Waals surface area contributed by atoms with E-state index >= 15 is 0 Å². The van der Waals surface area contributed by atoms with Crippen LogP contribution in [0.25, 0.3) is 0 Å². The summed E-state index contributed by atoms with van der Waals surface area (Å²) in [5, 5.41) is 13.0. The van der Waals surface area contributed by atoms with Gasteiger partial charge in [-0.3, -0.25) is 10.1 Å². The van der Waals surface area contributed by atoms with Crippen molar-refractivity contribution >= 4 is 17.7 Å². The zero-order chi connectivity index (χ0) is 15.8. The summed E-state index contributed by atoms with van der Waals surface area (Å²) >= 11 is 1.78. The number of thioether (sulfide) groups is 1. The van der Waals surface area contributed by atoms with Crippen molar-refractivity contribution in [1.82, 2.24) is 5.32 Å². The Morgan fingerprint density at radius 3 is 2.35 bits per heavy atom. The number of nitrogens with one attached hydrogen (secondary N) is 1. The molecule has 0 aromatic rings. The van der Waals surface area contributed by atoms with Crippen molar-refractivity contribution in [2.24, 2.45) is 0 Å². The number of unbranched alkanes of at least 4 members (excludes halogenated alkanes) is 1. The summed E-state index contributed by atoms with van der Waals surface area (Å²) in [6.07, 6.45) is 2.49. The van der Waals surface area contributed by atoms with Crippen molar-refractivity contribution in [2.45, 2.75) is 76.8 Å². The normalized spacial score (nSPS) is 17.6. The number of carbonyl (C=O) groups is 1. The van der Waals surface area contributed by atoms with Crippen LogP contribution < -0.4 is 5.32 Å². The van der Waals surface area contributed by atoms with Gasteiger partial charge in [-0.25, -0.2) is 0 Å². The predicted molar refractivity (Wildman–Crippen MR) is 86.1 cm³/mol. The van der Waals surface area contributed by atoms with E-state index in [0.717, 1.165) is 25.0 Å². The van der Waals surface area contributed by atoms with Crippen molar-refractivity contribution in [3.8, 4) is 0 Å². The lowest BCUT2D eigenvalue weighted by Crippen LogP contribution is -2.52. The van der Waals surface area contributed by atoms with Gasteiger partial charge in [-0.1, -0.05) is 13.3 Å². The minimum absolute atomic E-state index is 0.198. The lowest BCUT2D eigenvalue weighted by molar-refractivity contribution is -0.148. The Morgan fingerprint density at radius 2 is 1.90 bits per heavy atom. The Labute approximate surface area is 128 Å². The van der Waals surface area contributed by atoms with Crippen molar-refractivity contribution in [3.63, 3.8) is 0 Å². The van der Waals surface area contributed by atoms with Crippen LogP contribution in [0.4, 0.5) is 0 Å². The predicted octanol–water partition coefficient (Wildman–Crippen LogP) is 2.59. The number of carbonyl (C=O) groups excluding carboxylic acids is 1. The van der Waals surface area contributed by atoms with Gasteiger partial charge in [-0.2, -0.15) is 11.8 Å². The van der Waals surface area contributed by atoms with Gasteiger partial charge < -0.3 is 9.84 Å². The molecule has 2 N–H and O–H groups in total. The fraction of sp³-hybridized carbons (Fsp3) is 0.933. The second-order valence-corrected chi connectivity index (χ2v) is 7.38. The number of hydrogen-bond donors (Lipinski definition) is 2. The van der Waals surface area contributed by atoms with Crippen molar-refractivity contribution in [3.05, 3.63) is 0 Å². The molecule has 0 spiro atoms. The highest BCUT2D eigenvalue weighted by Crippen LogP contribution is 2.20. The quantitative estimate of drug-likeness (QED) is 0.480. The first kappa shape index (κ1) is 19.7. The van der Waals surface area contributed by atoms with Crippen LogP contribution in [0.15, 0.2) is 0 Å². The van der Waals surface area contributed by atoms with Crippen LogP contribution in [0, 0.1) is 0 Å². The van der Waals surface area contributed by atoms with Gasteiger partial charge in [0, 0.05) is 11.3 Å². The summed E-state index contributed by atoms with van der Waals surface area (Å²) in [5.74, 6) is 0.807. The van der Waals surface area contributed by atoms with Crippen LogP contribution in [0.5, 0.6) is 0 Å². The van der Waals surface area contributed by atoms with Gasteiger partial charge in [0.15, 0.2) is 0 Å². The fourth-order valence-corrected chi connectivity index (χ4v) is 3.11. The molecule has 0 rings (SSSR count).